The third-order valence-corrected chi connectivity index (χ3v) is 6.84. The van der Waals surface area contributed by atoms with Gasteiger partial charge in [0, 0.05) is 16.9 Å². The average molecular weight is 433 g/mol. The Labute approximate surface area is 187 Å². The number of hydrogen-bond acceptors (Lipinski definition) is 5. The molecule has 6 heteroatoms. The number of benzene rings is 3. The van der Waals surface area contributed by atoms with Crippen molar-refractivity contribution in [3.8, 4) is 22.3 Å². The highest BCUT2D eigenvalue weighted by Gasteiger charge is 2.34. The van der Waals surface area contributed by atoms with E-state index < -0.39 is 0 Å². The molecule has 3 aromatic heterocycles. The maximum atomic E-state index is 6.46. The minimum Gasteiger partial charge on any atom is -0.438 e. The summed E-state index contributed by atoms with van der Waals surface area (Å²) in [6.07, 6.45) is 1.69. The van der Waals surface area contributed by atoms with Gasteiger partial charge >= 0.3 is 0 Å². The first-order chi connectivity index (χ1) is 15.9. The van der Waals surface area contributed by atoms with Crippen LogP contribution in [0.4, 0.5) is 0 Å². The predicted molar refractivity (Wildman–Crippen MR) is 126 cm³/mol. The van der Waals surface area contributed by atoms with Crippen molar-refractivity contribution in [3.63, 3.8) is 0 Å². The molecule has 1 atom stereocenters. The van der Waals surface area contributed by atoms with Crippen LogP contribution < -0.4 is 4.74 Å². The van der Waals surface area contributed by atoms with Gasteiger partial charge in [0.1, 0.15) is 12.1 Å². The number of rotatable bonds is 2. The van der Waals surface area contributed by atoms with E-state index in [0.29, 0.717) is 11.7 Å². The van der Waals surface area contributed by atoms with Gasteiger partial charge < -0.3 is 4.74 Å². The lowest BCUT2D eigenvalue weighted by molar-refractivity contribution is 0.437. The van der Waals surface area contributed by atoms with Crippen LogP contribution >= 0.6 is 11.3 Å². The summed E-state index contributed by atoms with van der Waals surface area (Å²) < 4.78 is 8.22. The van der Waals surface area contributed by atoms with Crippen molar-refractivity contribution < 1.29 is 4.74 Å². The van der Waals surface area contributed by atoms with Crippen molar-refractivity contribution in [2.24, 2.45) is 0 Å². The van der Waals surface area contributed by atoms with Crippen LogP contribution in [0.1, 0.15) is 22.6 Å². The van der Waals surface area contributed by atoms with Crippen molar-refractivity contribution in [2.45, 2.75) is 5.92 Å². The molecule has 0 saturated carbocycles. The molecule has 4 heterocycles. The third kappa shape index (κ3) is 2.53. The Hall–Kier alpha value is -4.03. The summed E-state index contributed by atoms with van der Waals surface area (Å²) in [5.74, 6) is 2.09. The van der Waals surface area contributed by atoms with Gasteiger partial charge in [-0.2, -0.15) is 0 Å². The largest absolute Gasteiger partial charge is 0.438 e. The summed E-state index contributed by atoms with van der Waals surface area (Å²) in [7, 11) is 0. The number of nitrogens with zero attached hydrogens (tertiary/aromatic N) is 4. The standard InChI is InChI=1S/C26H16N4OS/c1-2-8-17(9-3-1)21-19-13-12-16-7-4-5-10-18(16)23(19)31-26-22(21)25-28-24(20-11-6-14-32-20)29-30(25)15-27-26/h1-15,21H. The molecule has 1 aliphatic heterocycles. The Morgan fingerprint density at radius 1 is 0.875 bits per heavy atom. The molecule has 0 fully saturated rings. The Balaban J connectivity index is 1.54. The molecule has 0 amide bonds. The van der Waals surface area contributed by atoms with Crippen LogP contribution in [0, 0.1) is 0 Å². The van der Waals surface area contributed by atoms with Crippen molar-refractivity contribution in [1.29, 1.82) is 0 Å². The van der Waals surface area contributed by atoms with E-state index in [4.69, 9.17) is 14.8 Å². The lowest BCUT2D eigenvalue weighted by atomic mass is 9.83. The number of fused-ring (bicyclic) bond motifs is 6. The van der Waals surface area contributed by atoms with E-state index in [-0.39, 0.29) is 5.92 Å². The van der Waals surface area contributed by atoms with Gasteiger partial charge in [-0.1, -0.05) is 72.8 Å². The zero-order chi connectivity index (χ0) is 21.1. The maximum absolute atomic E-state index is 6.46. The predicted octanol–water partition coefficient (Wildman–Crippen LogP) is 6.29. The fraction of sp³-hybridized carbons (Fsp3) is 0.0385. The smallest absolute Gasteiger partial charge is 0.228 e. The highest BCUT2D eigenvalue weighted by Crippen LogP contribution is 2.50. The lowest BCUT2D eigenvalue weighted by Gasteiger charge is -2.28. The first kappa shape index (κ1) is 17.6. The number of ether oxygens (including phenoxy) is 1. The number of hydrogen-bond donors (Lipinski definition) is 0. The topological polar surface area (TPSA) is 52.3 Å². The first-order valence-electron chi connectivity index (χ1n) is 10.4. The van der Waals surface area contributed by atoms with E-state index in [1.165, 1.54) is 5.56 Å². The Morgan fingerprint density at radius 3 is 2.62 bits per heavy atom. The molecular weight excluding hydrogens is 416 g/mol. The van der Waals surface area contributed by atoms with E-state index in [1.54, 1.807) is 22.2 Å². The normalized spacial score (nSPS) is 14.8. The Bertz CT molecular complexity index is 1610. The van der Waals surface area contributed by atoms with Gasteiger partial charge in [-0.05, 0) is 22.4 Å². The minimum atomic E-state index is -0.0591. The second-order valence-corrected chi connectivity index (χ2v) is 8.74. The first-order valence-corrected chi connectivity index (χ1v) is 11.3. The maximum Gasteiger partial charge on any atom is 0.228 e. The van der Waals surface area contributed by atoms with Crippen molar-refractivity contribution in [3.05, 3.63) is 107 Å². The molecule has 0 bridgehead atoms. The fourth-order valence-corrected chi connectivity index (χ4v) is 5.20. The monoisotopic (exact) mass is 432 g/mol. The third-order valence-electron chi connectivity index (χ3n) is 5.97. The zero-order valence-corrected chi connectivity index (χ0v) is 17.7. The molecule has 0 N–H and O–H groups in total. The van der Waals surface area contributed by atoms with E-state index in [9.17, 15) is 0 Å². The van der Waals surface area contributed by atoms with Crippen LogP contribution in [0.5, 0.6) is 11.6 Å². The number of thiophene rings is 1. The zero-order valence-electron chi connectivity index (χ0n) is 16.8. The van der Waals surface area contributed by atoms with E-state index in [1.807, 2.05) is 35.7 Å². The van der Waals surface area contributed by atoms with Crippen LogP contribution in [0.2, 0.25) is 0 Å². The van der Waals surface area contributed by atoms with Gasteiger partial charge in [0.15, 0.2) is 11.5 Å². The molecule has 1 aliphatic rings. The van der Waals surface area contributed by atoms with E-state index >= 15 is 0 Å². The van der Waals surface area contributed by atoms with Gasteiger partial charge in [0.2, 0.25) is 5.88 Å². The molecule has 3 aromatic carbocycles. The van der Waals surface area contributed by atoms with Crippen LogP contribution in [0.3, 0.4) is 0 Å². The minimum absolute atomic E-state index is 0.0591. The quantitative estimate of drug-likeness (QED) is 0.322. The molecule has 6 aromatic rings. The van der Waals surface area contributed by atoms with Crippen molar-refractivity contribution in [1.82, 2.24) is 19.6 Å². The SMILES string of the molecule is c1ccc(C2c3ccc4ccccc4c3Oc3ncn4nc(-c5cccs5)nc4c32)cc1. The van der Waals surface area contributed by atoms with Crippen molar-refractivity contribution in [2.75, 3.05) is 0 Å². The van der Waals surface area contributed by atoms with Gasteiger partial charge in [-0.25, -0.2) is 14.5 Å². The Kier molecular flexibility index (Phi) is 3.71. The van der Waals surface area contributed by atoms with Crippen molar-refractivity contribution >= 4 is 27.8 Å². The van der Waals surface area contributed by atoms with Gasteiger partial charge in [-0.3, -0.25) is 0 Å². The van der Waals surface area contributed by atoms with Gasteiger partial charge in [0.25, 0.3) is 0 Å². The second kappa shape index (κ2) is 6.73. The summed E-state index contributed by atoms with van der Waals surface area (Å²) >= 11 is 1.63. The molecule has 1 unspecified atom stereocenters. The lowest BCUT2D eigenvalue weighted by Crippen LogP contribution is -2.15. The van der Waals surface area contributed by atoms with E-state index in [2.05, 4.69) is 53.5 Å². The summed E-state index contributed by atoms with van der Waals surface area (Å²) in [5, 5.41) is 8.95. The van der Waals surface area contributed by atoms with Gasteiger partial charge in [-0.15, -0.1) is 16.4 Å². The summed E-state index contributed by atoms with van der Waals surface area (Å²) in [5.41, 5.74) is 3.99. The molecular formula is C26H16N4OS. The second-order valence-electron chi connectivity index (χ2n) is 7.80. The van der Waals surface area contributed by atoms with Crippen LogP contribution in [-0.4, -0.2) is 19.6 Å². The van der Waals surface area contributed by atoms with Gasteiger partial charge in [0.05, 0.1) is 10.4 Å². The number of aromatic nitrogens is 4. The molecule has 5 nitrogen and oxygen atoms in total. The Morgan fingerprint density at radius 2 is 1.75 bits per heavy atom. The average Bonchev–Trinajstić information content (AvgIpc) is 3.53. The van der Waals surface area contributed by atoms with Crippen LogP contribution in [0.25, 0.3) is 27.1 Å². The summed E-state index contributed by atoms with van der Waals surface area (Å²) in [6, 6.07) is 27.1. The van der Waals surface area contributed by atoms with Crippen LogP contribution in [0.15, 0.2) is 90.6 Å². The molecule has 0 aliphatic carbocycles. The summed E-state index contributed by atoms with van der Waals surface area (Å²) in [6.45, 7) is 0. The molecule has 32 heavy (non-hydrogen) atoms. The molecule has 0 saturated heterocycles. The molecule has 0 spiro atoms. The molecule has 152 valence electrons. The fourth-order valence-electron chi connectivity index (χ4n) is 4.55. The van der Waals surface area contributed by atoms with E-state index in [0.717, 1.165) is 38.2 Å². The van der Waals surface area contributed by atoms with Crippen LogP contribution in [-0.2, 0) is 0 Å². The molecule has 0 radical (unpaired) electrons. The highest BCUT2D eigenvalue weighted by molar-refractivity contribution is 7.13. The summed E-state index contributed by atoms with van der Waals surface area (Å²) in [4.78, 5) is 10.6. The molecule has 7 rings (SSSR count). The highest BCUT2D eigenvalue weighted by atomic mass is 32.1.